The molecule has 0 radical (unpaired) electrons. The molecule has 0 aromatic carbocycles. The number of urea groups is 1. The van der Waals surface area contributed by atoms with Gasteiger partial charge in [-0.1, -0.05) is 26.2 Å². The zero-order valence-electron chi connectivity index (χ0n) is 13.4. The van der Waals surface area contributed by atoms with Crippen LogP contribution >= 0.6 is 11.8 Å². The van der Waals surface area contributed by atoms with Crippen molar-refractivity contribution in [1.29, 1.82) is 0 Å². The molecule has 0 aromatic rings. The molecule has 21 heavy (non-hydrogen) atoms. The van der Waals surface area contributed by atoms with E-state index >= 15 is 0 Å². The Bertz CT molecular complexity index is 357. The number of carboxylic acid groups (broad SMARTS) is 1. The largest absolute Gasteiger partial charge is 0.481 e. The molecule has 1 fully saturated rings. The number of amides is 2. The zero-order valence-corrected chi connectivity index (χ0v) is 14.2. The number of thioether (sulfide) groups is 1. The average Bonchev–Trinajstić information content (AvgIpc) is 2.44. The van der Waals surface area contributed by atoms with E-state index in [1.807, 2.05) is 6.26 Å². The van der Waals surface area contributed by atoms with E-state index in [9.17, 15) is 14.7 Å². The molecular formula is C15H28N2O3S. The van der Waals surface area contributed by atoms with Crippen molar-refractivity contribution in [1.82, 2.24) is 10.2 Å². The van der Waals surface area contributed by atoms with Crippen LogP contribution in [0.1, 0.15) is 45.4 Å². The first-order valence-electron chi connectivity index (χ1n) is 7.63. The fraction of sp³-hybridized carbons (Fsp3) is 0.867. The van der Waals surface area contributed by atoms with E-state index < -0.39 is 11.5 Å². The van der Waals surface area contributed by atoms with Crippen LogP contribution in [0.15, 0.2) is 0 Å². The van der Waals surface area contributed by atoms with E-state index in [2.05, 4.69) is 12.2 Å². The second-order valence-electron chi connectivity index (χ2n) is 6.16. The Balaban J connectivity index is 2.64. The molecule has 5 nitrogen and oxygen atoms in total. The number of hydrogen-bond acceptors (Lipinski definition) is 3. The molecule has 0 heterocycles. The fourth-order valence-electron chi connectivity index (χ4n) is 3.06. The predicted molar refractivity (Wildman–Crippen MR) is 86.8 cm³/mol. The van der Waals surface area contributed by atoms with Crippen LogP contribution in [0, 0.1) is 5.92 Å². The van der Waals surface area contributed by atoms with Gasteiger partial charge >= 0.3 is 12.0 Å². The summed E-state index contributed by atoms with van der Waals surface area (Å²) >= 11 is 1.76. The van der Waals surface area contributed by atoms with Crippen molar-refractivity contribution in [3.05, 3.63) is 0 Å². The molecular weight excluding hydrogens is 288 g/mol. The third kappa shape index (κ3) is 5.41. The van der Waals surface area contributed by atoms with Gasteiger partial charge in [0.1, 0.15) is 0 Å². The van der Waals surface area contributed by atoms with Gasteiger partial charge in [-0.05, 0) is 30.8 Å². The maximum atomic E-state index is 12.4. The monoisotopic (exact) mass is 316 g/mol. The molecule has 0 aliphatic heterocycles. The van der Waals surface area contributed by atoms with E-state index in [-0.39, 0.29) is 12.5 Å². The van der Waals surface area contributed by atoms with E-state index in [4.69, 9.17) is 0 Å². The van der Waals surface area contributed by atoms with Crippen LogP contribution < -0.4 is 5.32 Å². The second kappa shape index (κ2) is 8.51. The summed E-state index contributed by atoms with van der Waals surface area (Å²) < 4.78 is 0. The molecule has 1 aliphatic carbocycles. The normalized spacial score (nSPS) is 18.8. The Morgan fingerprint density at radius 1 is 1.33 bits per heavy atom. The number of carbonyl (C=O) groups is 2. The van der Waals surface area contributed by atoms with Crippen molar-refractivity contribution >= 4 is 23.8 Å². The molecule has 0 bridgehead atoms. The molecule has 122 valence electrons. The highest BCUT2D eigenvalue weighted by Crippen LogP contribution is 2.35. The maximum absolute atomic E-state index is 12.4. The van der Waals surface area contributed by atoms with Gasteiger partial charge < -0.3 is 15.3 Å². The summed E-state index contributed by atoms with van der Waals surface area (Å²) in [6.07, 6.45) is 6.77. The van der Waals surface area contributed by atoms with E-state index in [1.165, 1.54) is 0 Å². The molecule has 1 aliphatic rings. The van der Waals surface area contributed by atoms with E-state index in [0.717, 1.165) is 37.9 Å². The number of carboxylic acids is 1. The van der Waals surface area contributed by atoms with Gasteiger partial charge in [-0.2, -0.15) is 11.8 Å². The lowest BCUT2D eigenvalue weighted by Crippen LogP contribution is -2.55. The van der Waals surface area contributed by atoms with Crippen LogP contribution in [0.5, 0.6) is 0 Å². The standard InChI is InChI=1S/C15H28N2O3S/c1-12(11-21-3)10-16-14(20)17(2)15(9-13(18)19)7-5-4-6-8-15/h12H,4-11H2,1-3H3,(H,16,20)(H,18,19). The predicted octanol–water partition coefficient (Wildman–Crippen LogP) is 2.80. The highest BCUT2D eigenvalue weighted by molar-refractivity contribution is 7.98. The number of aliphatic carboxylic acids is 1. The molecule has 1 rings (SSSR count). The number of nitrogens with zero attached hydrogens (tertiary/aromatic N) is 1. The van der Waals surface area contributed by atoms with Gasteiger partial charge in [-0.15, -0.1) is 0 Å². The van der Waals surface area contributed by atoms with Gasteiger partial charge in [0.25, 0.3) is 0 Å². The lowest BCUT2D eigenvalue weighted by Gasteiger charge is -2.43. The smallest absolute Gasteiger partial charge is 0.317 e. The first kappa shape index (κ1) is 18.1. The zero-order chi connectivity index (χ0) is 15.9. The average molecular weight is 316 g/mol. The van der Waals surface area contributed by atoms with Crippen LogP contribution in [0.2, 0.25) is 0 Å². The van der Waals surface area contributed by atoms with E-state index in [0.29, 0.717) is 12.5 Å². The molecule has 1 unspecified atom stereocenters. The Hall–Kier alpha value is -0.910. The summed E-state index contributed by atoms with van der Waals surface area (Å²) in [5.41, 5.74) is -0.517. The van der Waals surface area contributed by atoms with Crippen LogP contribution in [-0.2, 0) is 4.79 Å². The van der Waals surface area contributed by atoms with Crippen molar-refractivity contribution in [3.63, 3.8) is 0 Å². The molecule has 1 atom stereocenters. The van der Waals surface area contributed by atoms with E-state index in [1.54, 1.807) is 23.7 Å². The number of nitrogens with one attached hydrogen (secondary N) is 1. The first-order valence-corrected chi connectivity index (χ1v) is 9.03. The summed E-state index contributed by atoms with van der Waals surface area (Å²) in [6.45, 7) is 2.73. The maximum Gasteiger partial charge on any atom is 0.317 e. The van der Waals surface area contributed by atoms with Crippen molar-refractivity contribution in [2.75, 3.05) is 25.6 Å². The Kier molecular flexibility index (Phi) is 7.35. The summed E-state index contributed by atoms with van der Waals surface area (Å²) in [7, 11) is 1.74. The highest BCUT2D eigenvalue weighted by Gasteiger charge is 2.40. The topological polar surface area (TPSA) is 69.6 Å². The molecule has 0 saturated heterocycles. The Morgan fingerprint density at radius 3 is 2.48 bits per heavy atom. The first-order chi connectivity index (χ1) is 9.91. The summed E-state index contributed by atoms with van der Waals surface area (Å²) in [5, 5.41) is 12.1. The van der Waals surface area contributed by atoms with Gasteiger partial charge in [0.15, 0.2) is 0 Å². The van der Waals surface area contributed by atoms with Crippen LogP contribution in [0.3, 0.4) is 0 Å². The molecule has 0 aromatic heterocycles. The number of hydrogen-bond donors (Lipinski definition) is 2. The van der Waals surface area contributed by atoms with Crippen LogP contribution in [0.25, 0.3) is 0 Å². The molecule has 2 amide bonds. The SMILES string of the molecule is CSCC(C)CNC(=O)N(C)C1(CC(=O)O)CCCCC1. The molecule has 2 N–H and O–H groups in total. The van der Waals surface area contributed by atoms with Crippen molar-refractivity contribution in [3.8, 4) is 0 Å². The van der Waals surface area contributed by atoms with Crippen molar-refractivity contribution in [2.45, 2.75) is 51.0 Å². The molecule has 0 spiro atoms. The van der Waals surface area contributed by atoms with Crippen LogP contribution in [-0.4, -0.2) is 53.1 Å². The van der Waals surface area contributed by atoms with Gasteiger partial charge in [0, 0.05) is 13.6 Å². The summed E-state index contributed by atoms with van der Waals surface area (Å²) in [6, 6.07) is -0.147. The minimum atomic E-state index is -0.827. The summed E-state index contributed by atoms with van der Waals surface area (Å²) in [4.78, 5) is 25.2. The van der Waals surface area contributed by atoms with Gasteiger partial charge in [0.05, 0.1) is 12.0 Å². The number of carbonyl (C=O) groups excluding carboxylic acids is 1. The Labute approximate surface area is 131 Å². The highest BCUT2D eigenvalue weighted by atomic mass is 32.2. The van der Waals surface area contributed by atoms with Crippen molar-refractivity contribution in [2.24, 2.45) is 5.92 Å². The lowest BCUT2D eigenvalue weighted by molar-refractivity contribution is -0.140. The Morgan fingerprint density at radius 2 is 1.95 bits per heavy atom. The molecule has 1 saturated carbocycles. The van der Waals surface area contributed by atoms with Crippen LogP contribution in [0.4, 0.5) is 4.79 Å². The quantitative estimate of drug-likeness (QED) is 0.758. The van der Waals surface area contributed by atoms with Crippen molar-refractivity contribution < 1.29 is 14.7 Å². The number of rotatable bonds is 7. The lowest BCUT2D eigenvalue weighted by atomic mass is 9.78. The van der Waals surface area contributed by atoms with Gasteiger partial charge in [-0.3, -0.25) is 4.79 Å². The van der Waals surface area contributed by atoms with Gasteiger partial charge in [0.2, 0.25) is 0 Å². The third-order valence-electron chi connectivity index (χ3n) is 4.33. The minimum Gasteiger partial charge on any atom is -0.481 e. The van der Waals surface area contributed by atoms with Gasteiger partial charge in [-0.25, -0.2) is 4.79 Å². The second-order valence-corrected chi connectivity index (χ2v) is 7.07. The third-order valence-corrected chi connectivity index (χ3v) is 5.24. The minimum absolute atomic E-state index is 0.0390. The fourth-order valence-corrected chi connectivity index (χ4v) is 3.75. The summed E-state index contributed by atoms with van der Waals surface area (Å²) in [5.74, 6) is 0.594. The molecule has 6 heteroatoms.